The molecule has 0 aromatic carbocycles. The van der Waals surface area contributed by atoms with Crippen molar-refractivity contribution in [3.05, 3.63) is 36.8 Å². The van der Waals surface area contributed by atoms with Crippen molar-refractivity contribution in [3.8, 4) is 0 Å². The molecule has 6 heteroatoms. The summed E-state index contributed by atoms with van der Waals surface area (Å²) < 4.78 is 16.3. The lowest BCUT2D eigenvalue weighted by atomic mass is 10.1. The summed E-state index contributed by atoms with van der Waals surface area (Å²) in [5.41, 5.74) is 0. The van der Waals surface area contributed by atoms with Gasteiger partial charge in [0.2, 0.25) is 0 Å². The number of nitrogens with zero attached hydrogens (tertiary/aromatic N) is 1. The van der Waals surface area contributed by atoms with Crippen LogP contribution < -0.4 is 10.6 Å². The zero-order valence-electron chi connectivity index (χ0n) is 14.3. The molecule has 24 heavy (non-hydrogen) atoms. The lowest BCUT2D eigenvalue weighted by Gasteiger charge is -2.11. The maximum atomic E-state index is 5.69. The van der Waals surface area contributed by atoms with Crippen molar-refractivity contribution in [2.45, 2.75) is 19.3 Å². The van der Waals surface area contributed by atoms with E-state index in [1.165, 1.54) is 0 Å². The molecule has 1 fully saturated rings. The molecule has 0 spiro atoms. The average Bonchev–Trinajstić information content (AvgIpc) is 3.28. The third-order valence-corrected chi connectivity index (χ3v) is 3.75. The SMILES string of the molecule is C=CCNC(=NCCCOCC1CCOC1)NCCc1ccco1. The van der Waals surface area contributed by atoms with E-state index in [4.69, 9.17) is 13.9 Å². The van der Waals surface area contributed by atoms with Crippen LogP contribution in [0.25, 0.3) is 0 Å². The van der Waals surface area contributed by atoms with Crippen LogP contribution in [0.15, 0.2) is 40.5 Å². The molecule has 1 atom stereocenters. The average molecular weight is 335 g/mol. The maximum Gasteiger partial charge on any atom is 0.191 e. The van der Waals surface area contributed by atoms with Gasteiger partial charge in [0, 0.05) is 45.2 Å². The van der Waals surface area contributed by atoms with E-state index in [-0.39, 0.29) is 0 Å². The first kappa shape index (κ1) is 18.5. The summed E-state index contributed by atoms with van der Waals surface area (Å²) in [4.78, 5) is 4.56. The molecule has 2 rings (SSSR count). The number of ether oxygens (including phenoxy) is 2. The van der Waals surface area contributed by atoms with Crippen molar-refractivity contribution in [2.75, 3.05) is 46.1 Å². The molecule has 1 aliphatic heterocycles. The number of furan rings is 1. The minimum atomic E-state index is 0.571. The number of rotatable bonds is 11. The molecule has 2 N–H and O–H groups in total. The number of aliphatic imine (C=N–C) groups is 1. The Hall–Kier alpha value is -1.79. The van der Waals surface area contributed by atoms with E-state index in [1.807, 2.05) is 18.2 Å². The molecule has 134 valence electrons. The molecule has 0 saturated carbocycles. The normalized spacial score (nSPS) is 17.8. The molecule has 0 aliphatic carbocycles. The van der Waals surface area contributed by atoms with Crippen LogP contribution in [-0.2, 0) is 15.9 Å². The Morgan fingerprint density at radius 3 is 3.17 bits per heavy atom. The molecule has 2 heterocycles. The highest BCUT2D eigenvalue weighted by molar-refractivity contribution is 5.79. The molecule has 1 unspecified atom stereocenters. The Bertz CT molecular complexity index is 468. The van der Waals surface area contributed by atoms with Crippen LogP contribution in [0.1, 0.15) is 18.6 Å². The number of nitrogens with one attached hydrogen (secondary N) is 2. The first-order chi connectivity index (χ1) is 11.9. The second-order valence-corrected chi connectivity index (χ2v) is 5.81. The summed E-state index contributed by atoms with van der Waals surface area (Å²) in [7, 11) is 0. The van der Waals surface area contributed by atoms with Gasteiger partial charge in [0.1, 0.15) is 5.76 Å². The zero-order valence-corrected chi connectivity index (χ0v) is 14.3. The quantitative estimate of drug-likeness (QED) is 0.280. The van der Waals surface area contributed by atoms with Crippen LogP contribution in [0.5, 0.6) is 0 Å². The lowest BCUT2D eigenvalue weighted by molar-refractivity contribution is 0.0893. The van der Waals surface area contributed by atoms with Gasteiger partial charge in [-0.1, -0.05) is 6.08 Å². The fraction of sp³-hybridized carbons (Fsp3) is 0.611. The highest BCUT2D eigenvalue weighted by Gasteiger charge is 2.15. The van der Waals surface area contributed by atoms with Crippen molar-refractivity contribution in [1.82, 2.24) is 10.6 Å². The summed E-state index contributed by atoms with van der Waals surface area (Å²) in [6.45, 7) is 9.16. The fourth-order valence-corrected chi connectivity index (χ4v) is 2.42. The molecule has 0 bridgehead atoms. The topological polar surface area (TPSA) is 68.0 Å². The summed E-state index contributed by atoms with van der Waals surface area (Å²) in [6, 6.07) is 3.88. The Morgan fingerprint density at radius 1 is 1.46 bits per heavy atom. The predicted octanol–water partition coefficient (Wildman–Crippen LogP) is 1.99. The van der Waals surface area contributed by atoms with Gasteiger partial charge in [-0.3, -0.25) is 4.99 Å². The Balaban J connectivity index is 1.58. The van der Waals surface area contributed by atoms with Gasteiger partial charge in [0.15, 0.2) is 5.96 Å². The third kappa shape index (κ3) is 7.66. The van der Waals surface area contributed by atoms with E-state index in [0.29, 0.717) is 12.5 Å². The van der Waals surface area contributed by atoms with Crippen LogP contribution in [0.3, 0.4) is 0 Å². The Labute approximate surface area is 144 Å². The molecule has 6 nitrogen and oxygen atoms in total. The molecule has 0 radical (unpaired) electrons. The minimum Gasteiger partial charge on any atom is -0.469 e. The summed E-state index contributed by atoms with van der Waals surface area (Å²) in [6.07, 6.45) is 6.36. The number of hydrogen-bond donors (Lipinski definition) is 2. The third-order valence-electron chi connectivity index (χ3n) is 3.75. The largest absolute Gasteiger partial charge is 0.469 e. The molecular weight excluding hydrogens is 306 g/mol. The second kappa shape index (κ2) is 11.7. The van der Waals surface area contributed by atoms with Gasteiger partial charge in [-0.15, -0.1) is 6.58 Å². The predicted molar refractivity (Wildman–Crippen MR) is 95.3 cm³/mol. The zero-order chi connectivity index (χ0) is 16.9. The lowest BCUT2D eigenvalue weighted by Crippen LogP contribution is -2.38. The van der Waals surface area contributed by atoms with E-state index in [1.54, 1.807) is 6.26 Å². The van der Waals surface area contributed by atoms with E-state index < -0.39 is 0 Å². The highest BCUT2D eigenvalue weighted by Crippen LogP contribution is 2.12. The smallest absolute Gasteiger partial charge is 0.191 e. The van der Waals surface area contributed by atoms with Crippen molar-refractivity contribution in [2.24, 2.45) is 10.9 Å². The molecule has 1 aromatic rings. The van der Waals surface area contributed by atoms with E-state index in [2.05, 4.69) is 22.2 Å². The van der Waals surface area contributed by atoms with Crippen molar-refractivity contribution in [1.29, 1.82) is 0 Å². The standard InChI is InChI=1S/C18H29N3O3/c1-2-8-19-18(21-10-6-17-5-3-12-24-17)20-9-4-11-22-14-16-7-13-23-15-16/h2-3,5,12,16H,1,4,6-11,13-15H2,(H2,19,20,21). The molecule has 1 saturated heterocycles. The van der Waals surface area contributed by atoms with Gasteiger partial charge in [0.25, 0.3) is 0 Å². The van der Waals surface area contributed by atoms with Crippen LogP contribution in [0.2, 0.25) is 0 Å². The minimum absolute atomic E-state index is 0.571. The molecule has 0 amide bonds. The first-order valence-electron chi connectivity index (χ1n) is 8.69. The summed E-state index contributed by atoms with van der Waals surface area (Å²) in [5.74, 6) is 2.34. The molecule has 1 aromatic heterocycles. The van der Waals surface area contributed by atoms with E-state index >= 15 is 0 Å². The Morgan fingerprint density at radius 2 is 2.42 bits per heavy atom. The van der Waals surface area contributed by atoms with Crippen LogP contribution in [0, 0.1) is 5.92 Å². The number of hydrogen-bond acceptors (Lipinski definition) is 4. The summed E-state index contributed by atoms with van der Waals surface area (Å²) in [5, 5.41) is 6.52. The fourth-order valence-electron chi connectivity index (χ4n) is 2.42. The Kier molecular flexibility index (Phi) is 9.04. The van der Waals surface area contributed by atoms with Crippen LogP contribution >= 0.6 is 0 Å². The highest BCUT2D eigenvalue weighted by atomic mass is 16.5. The van der Waals surface area contributed by atoms with Gasteiger partial charge >= 0.3 is 0 Å². The van der Waals surface area contributed by atoms with Crippen molar-refractivity contribution in [3.63, 3.8) is 0 Å². The van der Waals surface area contributed by atoms with Gasteiger partial charge in [-0.2, -0.15) is 0 Å². The summed E-state index contributed by atoms with van der Waals surface area (Å²) >= 11 is 0. The monoisotopic (exact) mass is 335 g/mol. The van der Waals surface area contributed by atoms with Crippen molar-refractivity contribution < 1.29 is 13.9 Å². The van der Waals surface area contributed by atoms with Crippen molar-refractivity contribution >= 4 is 5.96 Å². The van der Waals surface area contributed by atoms with Crippen LogP contribution in [0.4, 0.5) is 0 Å². The van der Waals surface area contributed by atoms with Gasteiger partial charge in [-0.25, -0.2) is 0 Å². The van der Waals surface area contributed by atoms with Gasteiger partial charge < -0.3 is 24.5 Å². The second-order valence-electron chi connectivity index (χ2n) is 5.81. The first-order valence-corrected chi connectivity index (χ1v) is 8.69. The van der Waals surface area contributed by atoms with E-state index in [9.17, 15) is 0 Å². The van der Waals surface area contributed by atoms with E-state index in [0.717, 1.165) is 70.5 Å². The number of guanidine groups is 1. The van der Waals surface area contributed by atoms with Gasteiger partial charge in [0.05, 0.1) is 19.5 Å². The van der Waals surface area contributed by atoms with Crippen LogP contribution in [-0.4, -0.2) is 52.0 Å². The molecular formula is C18H29N3O3. The maximum absolute atomic E-state index is 5.69. The molecule has 1 aliphatic rings. The van der Waals surface area contributed by atoms with Gasteiger partial charge in [-0.05, 0) is 25.0 Å².